The summed E-state index contributed by atoms with van der Waals surface area (Å²) in [5.41, 5.74) is 3.23. The molecule has 4 nitrogen and oxygen atoms in total. The van der Waals surface area contributed by atoms with Crippen molar-refractivity contribution < 1.29 is 9.59 Å². The zero-order valence-electron chi connectivity index (χ0n) is 17.1. The lowest BCUT2D eigenvalue weighted by Crippen LogP contribution is -2.43. The Hall–Kier alpha value is -2.66. The summed E-state index contributed by atoms with van der Waals surface area (Å²) in [5, 5.41) is 3.18. The van der Waals surface area contributed by atoms with Crippen LogP contribution in [0.15, 0.2) is 59.6 Å². The predicted molar refractivity (Wildman–Crippen MR) is 122 cm³/mol. The van der Waals surface area contributed by atoms with Crippen molar-refractivity contribution in [2.24, 2.45) is 16.3 Å². The first-order valence-electron chi connectivity index (χ1n) is 9.77. The van der Waals surface area contributed by atoms with Crippen molar-refractivity contribution in [2.75, 3.05) is 5.32 Å². The molecule has 0 heterocycles. The molecule has 1 saturated carbocycles. The standard InChI is InChI=1S/C24H26N2O2S/c1-16(27)18-9-11-19(12-10-18)26-23(29)22-20(13-24(2,3)14-21(22)28)25-15-17-7-5-4-6-8-17/h4-12,22H,13-15H2,1-3H3,(H,26,29)/t22-/m0/s1. The van der Waals surface area contributed by atoms with Crippen LogP contribution in [0.5, 0.6) is 0 Å². The molecule has 0 aromatic heterocycles. The monoisotopic (exact) mass is 406 g/mol. The fourth-order valence-electron chi connectivity index (χ4n) is 3.64. The molecule has 0 spiro atoms. The predicted octanol–water partition coefficient (Wildman–Crippen LogP) is 5.28. The molecular formula is C24H26N2O2S. The van der Waals surface area contributed by atoms with Crippen LogP contribution in [0.4, 0.5) is 5.69 Å². The summed E-state index contributed by atoms with van der Waals surface area (Å²) < 4.78 is 0. The highest BCUT2D eigenvalue weighted by Gasteiger charge is 2.40. The Balaban J connectivity index is 1.81. The number of carbonyl (C=O) groups excluding carboxylic acids is 2. The van der Waals surface area contributed by atoms with Gasteiger partial charge in [0.25, 0.3) is 0 Å². The van der Waals surface area contributed by atoms with Crippen molar-refractivity contribution in [3.8, 4) is 0 Å². The first kappa shape index (κ1) is 21.1. The number of nitrogens with zero attached hydrogens (tertiary/aromatic N) is 1. The minimum atomic E-state index is -0.505. The normalized spacial score (nSPS) is 19.8. The Morgan fingerprint density at radius 1 is 1.10 bits per heavy atom. The number of hydrogen-bond acceptors (Lipinski definition) is 4. The molecule has 2 aromatic rings. The molecule has 1 fully saturated rings. The van der Waals surface area contributed by atoms with E-state index in [4.69, 9.17) is 17.2 Å². The van der Waals surface area contributed by atoms with Gasteiger partial charge in [0, 0.05) is 23.4 Å². The maximum absolute atomic E-state index is 13.0. The number of Topliss-reactive ketones (excluding diaryl/α,β-unsaturated/α-hetero) is 2. The van der Waals surface area contributed by atoms with E-state index in [1.807, 2.05) is 30.3 Å². The number of anilines is 1. The average Bonchev–Trinajstić information content (AvgIpc) is 2.66. The lowest BCUT2D eigenvalue weighted by molar-refractivity contribution is -0.122. The fraction of sp³-hybridized carbons (Fsp3) is 0.333. The molecule has 1 aliphatic carbocycles. The van der Waals surface area contributed by atoms with Crippen LogP contribution in [0.1, 0.15) is 49.5 Å². The first-order chi connectivity index (χ1) is 13.7. The van der Waals surface area contributed by atoms with E-state index in [0.29, 0.717) is 23.5 Å². The van der Waals surface area contributed by atoms with Crippen molar-refractivity contribution in [3.05, 3.63) is 65.7 Å². The molecule has 1 aliphatic rings. The highest BCUT2D eigenvalue weighted by Crippen LogP contribution is 2.35. The van der Waals surface area contributed by atoms with E-state index in [1.54, 1.807) is 24.3 Å². The van der Waals surface area contributed by atoms with Gasteiger partial charge in [-0.05, 0) is 48.6 Å². The lowest BCUT2D eigenvalue weighted by Gasteiger charge is -2.35. The Kier molecular flexibility index (Phi) is 6.38. The van der Waals surface area contributed by atoms with Crippen molar-refractivity contribution >= 4 is 40.2 Å². The van der Waals surface area contributed by atoms with Crippen LogP contribution in [0.25, 0.3) is 0 Å². The maximum Gasteiger partial charge on any atom is 0.159 e. The van der Waals surface area contributed by atoms with Crippen molar-refractivity contribution in [1.82, 2.24) is 0 Å². The molecule has 5 heteroatoms. The van der Waals surface area contributed by atoms with E-state index < -0.39 is 5.92 Å². The summed E-state index contributed by atoms with van der Waals surface area (Å²) in [4.78, 5) is 29.7. The molecule has 0 radical (unpaired) electrons. The van der Waals surface area contributed by atoms with Crippen LogP contribution < -0.4 is 5.32 Å². The summed E-state index contributed by atoms with van der Waals surface area (Å²) in [5.74, 6) is -0.390. The van der Waals surface area contributed by atoms with Gasteiger partial charge in [-0.2, -0.15) is 0 Å². The van der Waals surface area contributed by atoms with Crippen molar-refractivity contribution in [2.45, 2.75) is 40.2 Å². The SMILES string of the molecule is CC(=O)c1ccc(NC(=S)[C@@H]2C(=O)CC(C)(C)CC2=NCc2ccccc2)cc1. The van der Waals surface area contributed by atoms with E-state index in [9.17, 15) is 9.59 Å². The van der Waals surface area contributed by atoms with Crippen molar-refractivity contribution in [1.29, 1.82) is 0 Å². The van der Waals surface area contributed by atoms with Crippen LogP contribution in [0.2, 0.25) is 0 Å². The molecule has 29 heavy (non-hydrogen) atoms. The number of thiocarbonyl (C=S) groups is 1. The van der Waals surface area contributed by atoms with Crippen LogP contribution in [0, 0.1) is 11.3 Å². The summed E-state index contributed by atoms with van der Waals surface area (Å²) in [6.45, 7) is 6.25. The second kappa shape index (κ2) is 8.78. The number of hydrogen-bond donors (Lipinski definition) is 1. The van der Waals surface area contributed by atoms with Gasteiger partial charge in [0.2, 0.25) is 0 Å². The molecule has 1 N–H and O–H groups in total. The van der Waals surface area contributed by atoms with Gasteiger partial charge < -0.3 is 5.32 Å². The van der Waals surface area contributed by atoms with Gasteiger partial charge in [-0.25, -0.2) is 0 Å². The second-order valence-electron chi connectivity index (χ2n) is 8.33. The van der Waals surface area contributed by atoms with E-state index in [0.717, 1.165) is 23.4 Å². The Labute approximate surface area is 177 Å². The molecule has 150 valence electrons. The third kappa shape index (κ3) is 5.45. The third-order valence-electron chi connectivity index (χ3n) is 5.10. The zero-order valence-corrected chi connectivity index (χ0v) is 17.9. The highest BCUT2D eigenvalue weighted by molar-refractivity contribution is 7.80. The number of rotatable bonds is 5. The largest absolute Gasteiger partial charge is 0.349 e. The minimum absolute atomic E-state index is 0.0131. The molecule has 0 aliphatic heterocycles. The van der Waals surface area contributed by atoms with Gasteiger partial charge in [0.05, 0.1) is 11.5 Å². The van der Waals surface area contributed by atoms with Crippen LogP contribution in [0.3, 0.4) is 0 Å². The van der Waals surface area contributed by atoms with Gasteiger partial charge in [0.15, 0.2) is 5.78 Å². The zero-order chi connectivity index (χ0) is 21.0. The molecule has 2 aromatic carbocycles. The Morgan fingerprint density at radius 2 is 1.76 bits per heavy atom. The van der Waals surface area contributed by atoms with Crippen LogP contribution in [-0.4, -0.2) is 22.3 Å². The van der Waals surface area contributed by atoms with Crippen molar-refractivity contribution in [3.63, 3.8) is 0 Å². The molecule has 0 saturated heterocycles. The van der Waals surface area contributed by atoms with Crippen LogP contribution >= 0.6 is 12.2 Å². The first-order valence-corrected chi connectivity index (χ1v) is 10.2. The number of nitrogens with one attached hydrogen (secondary N) is 1. The fourth-order valence-corrected chi connectivity index (χ4v) is 4.02. The molecule has 1 atom stereocenters. The van der Waals surface area contributed by atoms with E-state index in [-0.39, 0.29) is 17.0 Å². The number of carbonyl (C=O) groups is 2. The van der Waals surface area contributed by atoms with Crippen LogP contribution in [-0.2, 0) is 11.3 Å². The molecule has 0 unspecified atom stereocenters. The summed E-state index contributed by atoms with van der Waals surface area (Å²) >= 11 is 5.62. The average molecular weight is 407 g/mol. The lowest BCUT2D eigenvalue weighted by atomic mass is 9.71. The van der Waals surface area contributed by atoms with E-state index >= 15 is 0 Å². The molecule has 0 bridgehead atoms. The van der Waals surface area contributed by atoms with Gasteiger partial charge in [-0.15, -0.1) is 0 Å². The number of ketones is 2. The van der Waals surface area contributed by atoms with Gasteiger partial charge in [0.1, 0.15) is 11.7 Å². The molecule has 3 rings (SSSR count). The van der Waals surface area contributed by atoms with E-state index in [1.165, 1.54) is 6.92 Å². The molecule has 0 amide bonds. The third-order valence-corrected chi connectivity index (χ3v) is 5.43. The highest BCUT2D eigenvalue weighted by atomic mass is 32.1. The quantitative estimate of drug-likeness (QED) is 0.542. The Morgan fingerprint density at radius 3 is 2.38 bits per heavy atom. The van der Waals surface area contributed by atoms with Gasteiger partial charge >= 0.3 is 0 Å². The summed E-state index contributed by atoms with van der Waals surface area (Å²) in [7, 11) is 0. The Bertz CT molecular complexity index is 947. The smallest absolute Gasteiger partial charge is 0.159 e. The van der Waals surface area contributed by atoms with E-state index in [2.05, 4.69) is 19.2 Å². The van der Waals surface area contributed by atoms with Gasteiger partial charge in [-0.1, -0.05) is 56.4 Å². The summed E-state index contributed by atoms with van der Waals surface area (Å²) in [6.07, 6.45) is 1.22. The maximum atomic E-state index is 13.0. The molecular weight excluding hydrogens is 380 g/mol. The minimum Gasteiger partial charge on any atom is -0.349 e. The second-order valence-corrected chi connectivity index (χ2v) is 8.77. The summed E-state index contributed by atoms with van der Waals surface area (Å²) in [6, 6.07) is 17.1. The topological polar surface area (TPSA) is 58.5 Å². The van der Waals surface area contributed by atoms with Gasteiger partial charge in [-0.3, -0.25) is 14.6 Å². The number of aliphatic imine (C=N–C) groups is 1. The number of benzene rings is 2.